The summed E-state index contributed by atoms with van der Waals surface area (Å²) in [5, 5.41) is 0. The molecule has 1 aromatic rings. The maximum atomic E-state index is 11.7. The minimum Gasteiger partial charge on any atom is -0.484 e. The third-order valence-electron chi connectivity index (χ3n) is 2.47. The van der Waals surface area contributed by atoms with Crippen LogP contribution in [0, 0.1) is 5.92 Å². The highest BCUT2D eigenvalue weighted by atomic mass is 16.5. The first-order valence-corrected chi connectivity index (χ1v) is 5.22. The second kappa shape index (κ2) is 4.35. The second-order valence-electron chi connectivity index (χ2n) is 3.92. The van der Waals surface area contributed by atoms with Crippen molar-refractivity contribution in [3.05, 3.63) is 29.8 Å². The Hall–Kier alpha value is -1.84. The Morgan fingerprint density at radius 3 is 2.38 bits per heavy atom. The predicted molar refractivity (Wildman–Crippen MR) is 58.2 cm³/mol. The number of amides is 1. The van der Waals surface area contributed by atoms with Gasteiger partial charge in [-0.2, -0.15) is 0 Å². The largest absolute Gasteiger partial charge is 0.484 e. The fraction of sp³-hybridized carbons (Fsp3) is 0.333. The Kier molecular flexibility index (Phi) is 2.90. The first-order valence-electron chi connectivity index (χ1n) is 5.22. The number of benzene rings is 1. The maximum absolute atomic E-state index is 11.7. The number of carbonyl (C=O) groups excluding carboxylic acids is 2. The molecule has 1 aromatic carbocycles. The van der Waals surface area contributed by atoms with Crippen LogP contribution in [-0.4, -0.2) is 18.3 Å². The fourth-order valence-corrected chi connectivity index (χ4v) is 1.45. The molecule has 0 spiro atoms. The van der Waals surface area contributed by atoms with E-state index in [9.17, 15) is 9.59 Å². The molecule has 0 unspecified atom stereocenters. The van der Waals surface area contributed by atoms with Gasteiger partial charge in [0.1, 0.15) is 5.75 Å². The number of primary amides is 1. The van der Waals surface area contributed by atoms with Crippen LogP contribution in [0.1, 0.15) is 23.2 Å². The van der Waals surface area contributed by atoms with Crippen molar-refractivity contribution in [3.8, 4) is 5.75 Å². The van der Waals surface area contributed by atoms with Crippen LogP contribution in [-0.2, 0) is 4.79 Å². The highest BCUT2D eigenvalue weighted by Gasteiger charge is 2.30. The molecule has 1 amide bonds. The molecular weight excluding hydrogens is 206 g/mol. The molecule has 84 valence electrons. The summed E-state index contributed by atoms with van der Waals surface area (Å²) in [6.07, 6.45) is 2.00. The van der Waals surface area contributed by atoms with Crippen LogP contribution in [0.15, 0.2) is 24.3 Å². The van der Waals surface area contributed by atoms with Crippen LogP contribution in [0.25, 0.3) is 0 Å². The minimum atomic E-state index is -0.516. The minimum absolute atomic E-state index is 0.143. The van der Waals surface area contributed by atoms with Gasteiger partial charge in [-0.25, -0.2) is 0 Å². The van der Waals surface area contributed by atoms with E-state index >= 15 is 0 Å². The lowest BCUT2D eigenvalue weighted by Crippen LogP contribution is -2.20. The Labute approximate surface area is 93.4 Å². The van der Waals surface area contributed by atoms with Gasteiger partial charge in [0.2, 0.25) is 0 Å². The number of hydrogen-bond acceptors (Lipinski definition) is 3. The first kappa shape index (κ1) is 10.7. The molecular formula is C12H13NO3. The van der Waals surface area contributed by atoms with Crippen LogP contribution in [0.3, 0.4) is 0 Å². The van der Waals surface area contributed by atoms with Crippen LogP contribution in [0.5, 0.6) is 5.75 Å². The fourth-order valence-electron chi connectivity index (χ4n) is 1.45. The molecule has 0 heterocycles. The number of hydrogen-bond donors (Lipinski definition) is 1. The first-order chi connectivity index (χ1) is 7.66. The van der Waals surface area contributed by atoms with E-state index in [-0.39, 0.29) is 18.3 Å². The lowest BCUT2D eigenvalue weighted by molar-refractivity contribution is -0.119. The third-order valence-corrected chi connectivity index (χ3v) is 2.47. The van der Waals surface area contributed by atoms with Crippen LogP contribution in [0.2, 0.25) is 0 Å². The zero-order valence-electron chi connectivity index (χ0n) is 8.81. The van der Waals surface area contributed by atoms with Gasteiger partial charge in [-0.3, -0.25) is 9.59 Å². The van der Waals surface area contributed by atoms with Crippen LogP contribution < -0.4 is 10.5 Å². The molecule has 0 bridgehead atoms. The predicted octanol–water partition coefficient (Wildman–Crippen LogP) is 1.14. The van der Waals surface area contributed by atoms with Crippen molar-refractivity contribution in [1.29, 1.82) is 0 Å². The van der Waals surface area contributed by atoms with Gasteiger partial charge in [-0.1, -0.05) is 0 Å². The van der Waals surface area contributed by atoms with Crippen molar-refractivity contribution < 1.29 is 14.3 Å². The van der Waals surface area contributed by atoms with Crippen molar-refractivity contribution in [2.45, 2.75) is 12.8 Å². The van der Waals surface area contributed by atoms with Crippen LogP contribution >= 0.6 is 0 Å². The molecule has 1 aliphatic carbocycles. The maximum Gasteiger partial charge on any atom is 0.255 e. The molecule has 16 heavy (non-hydrogen) atoms. The van der Waals surface area contributed by atoms with Gasteiger partial charge in [0.15, 0.2) is 12.4 Å². The van der Waals surface area contributed by atoms with E-state index in [0.29, 0.717) is 11.3 Å². The molecule has 2 rings (SSSR count). The lowest BCUT2D eigenvalue weighted by Gasteiger charge is -2.04. The molecule has 0 saturated heterocycles. The average Bonchev–Trinajstić information content (AvgIpc) is 3.10. The highest BCUT2D eigenvalue weighted by Crippen LogP contribution is 2.32. The summed E-state index contributed by atoms with van der Waals surface area (Å²) in [5.74, 6) is 0.447. The summed E-state index contributed by atoms with van der Waals surface area (Å²) in [6, 6.07) is 6.80. The number of ether oxygens (including phenoxy) is 1. The highest BCUT2D eigenvalue weighted by molar-refractivity contribution is 5.99. The summed E-state index contributed by atoms with van der Waals surface area (Å²) >= 11 is 0. The quantitative estimate of drug-likeness (QED) is 0.755. The number of nitrogens with two attached hydrogens (primary N) is 1. The molecule has 0 radical (unpaired) electrons. The number of rotatable bonds is 5. The summed E-state index contributed by atoms with van der Waals surface area (Å²) < 4.78 is 5.09. The standard InChI is InChI=1S/C12H13NO3/c13-11(14)7-16-10-5-3-9(4-6-10)12(15)8-1-2-8/h3-6,8H,1-2,7H2,(H2,13,14). The van der Waals surface area contributed by atoms with E-state index in [1.165, 1.54) is 0 Å². The van der Waals surface area contributed by atoms with Crippen molar-refractivity contribution in [1.82, 2.24) is 0 Å². The third kappa shape index (κ3) is 2.59. The Bertz CT molecular complexity index is 407. The van der Waals surface area contributed by atoms with Gasteiger partial charge < -0.3 is 10.5 Å². The summed E-state index contributed by atoms with van der Waals surface area (Å²) in [6.45, 7) is -0.143. The van der Waals surface area contributed by atoms with Crippen molar-refractivity contribution in [2.75, 3.05) is 6.61 Å². The zero-order chi connectivity index (χ0) is 11.5. The van der Waals surface area contributed by atoms with E-state index in [0.717, 1.165) is 12.8 Å². The van der Waals surface area contributed by atoms with E-state index in [4.69, 9.17) is 10.5 Å². The van der Waals surface area contributed by atoms with E-state index in [1.807, 2.05) is 0 Å². The van der Waals surface area contributed by atoms with Crippen molar-refractivity contribution >= 4 is 11.7 Å². The van der Waals surface area contributed by atoms with E-state index in [2.05, 4.69) is 0 Å². The summed E-state index contributed by atoms with van der Waals surface area (Å²) in [4.78, 5) is 22.2. The zero-order valence-corrected chi connectivity index (χ0v) is 8.81. The monoisotopic (exact) mass is 219 g/mol. The van der Waals surface area contributed by atoms with Crippen molar-refractivity contribution in [3.63, 3.8) is 0 Å². The van der Waals surface area contributed by atoms with Gasteiger partial charge in [0, 0.05) is 11.5 Å². The topological polar surface area (TPSA) is 69.4 Å². The number of ketones is 1. The smallest absolute Gasteiger partial charge is 0.255 e. The SMILES string of the molecule is NC(=O)COc1ccc(C(=O)C2CC2)cc1. The molecule has 4 nitrogen and oxygen atoms in total. The average molecular weight is 219 g/mol. The molecule has 0 aromatic heterocycles. The van der Waals surface area contributed by atoms with Crippen molar-refractivity contribution in [2.24, 2.45) is 11.7 Å². The van der Waals surface area contributed by atoms with Gasteiger partial charge in [0.05, 0.1) is 0 Å². The van der Waals surface area contributed by atoms with Gasteiger partial charge in [-0.15, -0.1) is 0 Å². The molecule has 4 heteroatoms. The number of Topliss-reactive ketones (excluding diaryl/α,β-unsaturated/α-hetero) is 1. The van der Waals surface area contributed by atoms with E-state index in [1.54, 1.807) is 24.3 Å². The van der Waals surface area contributed by atoms with Gasteiger partial charge in [0.25, 0.3) is 5.91 Å². The lowest BCUT2D eigenvalue weighted by atomic mass is 10.1. The number of carbonyl (C=O) groups is 2. The van der Waals surface area contributed by atoms with E-state index < -0.39 is 5.91 Å². The molecule has 1 saturated carbocycles. The van der Waals surface area contributed by atoms with Crippen LogP contribution in [0.4, 0.5) is 0 Å². The van der Waals surface area contributed by atoms with Gasteiger partial charge >= 0.3 is 0 Å². The Morgan fingerprint density at radius 1 is 1.25 bits per heavy atom. The molecule has 0 aliphatic heterocycles. The Balaban J connectivity index is 1.98. The molecule has 1 aliphatic rings. The van der Waals surface area contributed by atoms with Gasteiger partial charge in [-0.05, 0) is 37.1 Å². The summed E-state index contributed by atoms with van der Waals surface area (Å²) in [7, 11) is 0. The molecule has 2 N–H and O–H groups in total. The molecule has 1 fully saturated rings. The summed E-state index contributed by atoms with van der Waals surface area (Å²) in [5.41, 5.74) is 5.65. The second-order valence-corrected chi connectivity index (χ2v) is 3.92. The Morgan fingerprint density at radius 2 is 1.88 bits per heavy atom. The normalized spacial score (nSPS) is 14.5. The molecule has 0 atom stereocenters.